The van der Waals surface area contributed by atoms with Crippen LogP contribution >= 0.6 is 11.6 Å². The van der Waals surface area contributed by atoms with Crippen molar-refractivity contribution in [3.63, 3.8) is 0 Å². The van der Waals surface area contributed by atoms with Gasteiger partial charge in [-0.05, 0) is 44.6 Å². The van der Waals surface area contributed by atoms with Crippen LogP contribution in [-0.4, -0.2) is 23.8 Å². The first-order valence-electron chi connectivity index (χ1n) is 5.94. The molecule has 1 heterocycles. The van der Waals surface area contributed by atoms with Crippen LogP contribution in [-0.2, 0) is 6.42 Å². The molecular weight excluding hydrogens is 250 g/mol. The van der Waals surface area contributed by atoms with E-state index in [1.165, 1.54) is 0 Å². The van der Waals surface area contributed by atoms with Crippen LogP contribution < -0.4 is 5.32 Å². The van der Waals surface area contributed by atoms with Gasteiger partial charge in [0.2, 0.25) is 11.8 Å². The molecule has 0 saturated heterocycles. The summed E-state index contributed by atoms with van der Waals surface area (Å²) in [5.74, 6) is 1.19. The molecule has 0 radical (unpaired) electrons. The molecule has 4 nitrogen and oxygen atoms in total. The molecule has 0 atom stereocenters. The molecule has 1 N–H and O–H groups in total. The molecule has 0 bridgehead atoms. The molecule has 0 spiro atoms. The smallest absolute Gasteiger partial charge is 0.247 e. The zero-order valence-corrected chi connectivity index (χ0v) is 11.3. The minimum atomic E-state index is 0.524. The highest BCUT2D eigenvalue weighted by Crippen LogP contribution is 2.24. The minimum absolute atomic E-state index is 0.524. The van der Waals surface area contributed by atoms with Gasteiger partial charge in [-0.25, -0.2) is 0 Å². The lowest BCUT2D eigenvalue weighted by atomic mass is 10.1. The topological polar surface area (TPSA) is 51.0 Å². The van der Waals surface area contributed by atoms with Crippen molar-refractivity contribution in [1.82, 2.24) is 15.5 Å². The molecule has 0 saturated carbocycles. The van der Waals surface area contributed by atoms with Crippen molar-refractivity contribution in [2.75, 3.05) is 13.6 Å². The minimum Gasteiger partial charge on any atom is -0.421 e. The van der Waals surface area contributed by atoms with E-state index in [9.17, 15) is 0 Å². The van der Waals surface area contributed by atoms with Crippen molar-refractivity contribution in [3.8, 4) is 11.5 Å². The van der Waals surface area contributed by atoms with E-state index < -0.39 is 0 Å². The van der Waals surface area contributed by atoms with Gasteiger partial charge in [-0.1, -0.05) is 17.7 Å². The SMILES string of the molecule is CNCCCc1nnc(-c2ccc(C)c(Cl)c2)o1. The van der Waals surface area contributed by atoms with Gasteiger partial charge < -0.3 is 9.73 Å². The number of aromatic nitrogens is 2. The van der Waals surface area contributed by atoms with E-state index in [4.69, 9.17) is 16.0 Å². The largest absolute Gasteiger partial charge is 0.421 e. The predicted molar refractivity (Wildman–Crippen MR) is 71.7 cm³/mol. The summed E-state index contributed by atoms with van der Waals surface area (Å²) in [5, 5.41) is 11.9. The predicted octanol–water partition coefficient (Wildman–Crippen LogP) is 2.85. The second kappa shape index (κ2) is 5.98. The highest BCUT2D eigenvalue weighted by atomic mass is 35.5. The summed E-state index contributed by atoms with van der Waals surface area (Å²) in [6.07, 6.45) is 1.76. The maximum absolute atomic E-state index is 6.07. The Morgan fingerprint density at radius 1 is 1.33 bits per heavy atom. The summed E-state index contributed by atoms with van der Waals surface area (Å²) in [6.45, 7) is 2.90. The third-order valence-electron chi connectivity index (χ3n) is 2.70. The number of aryl methyl sites for hydroxylation is 2. The van der Waals surface area contributed by atoms with Crippen LogP contribution in [0.15, 0.2) is 22.6 Å². The number of rotatable bonds is 5. The second-order valence-electron chi connectivity index (χ2n) is 4.17. The molecule has 1 aromatic heterocycles. The summed E-state index contributed by atoms with van der Waals surface area (Å²) in [4.78, 5) is 0. The van der Waals surface area contributed by atoms with Gasteiger partial charge in [-0.15, -0.1) is 10.2 Å². The Hall–Kier alpha value is -1.39. The van der Waals surface area contributed by atoms with Gasteiger partial charge in [-0.3, -0.25) is 0 Å². The molecule has 0 fully saturated rings. The van der Waals surface area contributed by atoms with Gasteiger partial charge in [-0.2, -0.15) is 0 Å². The summed E-state index contributed by atoms with van der Waals surface area (Å²) >= 11 is 6.07. The average Bonchev–Trinajstić information content (AvgIpc) is 2.82. The summed E-state index contributed by atoms with van der Waals surface area (Å²) < 4.78 is 5.60. The number of hydrogen-bond donors (Lipinski definition) is 1. The molecule has 18 heavy (non-hydrogen) atoms. The summed E-state index contributed by atoms with van der Waals surface area (Å²) in [5.41, 5.74) is 1.90. The normalized spacial score (nSPS) is 10.8. The highest BCUT2D eigenvalue weighted by Gasteiger charge is 2.09. The Kier molecular flexibility index (Phi) is 4.33. The van der Waals surface area contributed by atoms with Crippen LogP contribution in [0.3, 0.4) is 0 Å². The number of hydrogen-bond acceptors (Lipinski definition) is 4. The monoisotopic (exact) mass is 265 g/mol. The Morgan fingerprint density at radius 2 is 2.17 bits per heavy atom. The zero-order chi connectivity index (χ0) is 13.0. The van der Waals surface area contributed by atoms with E-state index in [0.717, 1.165) is 30.5 Å². The Bertz CT molecular complexity index is 525. The average molecular weight is 266 g/mol. The maximum Gasteiger partial charge on any atom is 0.247 e. The van der Waals surface area contributed by atoms with E-state index in [-0.39, 0.29) is 0 Å². The number of nitrogens with one attached hydrogen (secondary N) is 1. The standard InChI is InChI=1S/C13H16ClN3O/c1-9-5-6-10(8-11(9)14)13-17-16-12(18-13)4-3-7-15-2/h5-6,8,15H,3-4,7H2,1-2H3. The van der Waals surface area contributed by atoms with E-state index in [2.05, 4.69) is 15.5 Å². The zero-order valence-electron chi connectivity index (χ0n) is 10.5. The van der Waals surface area contributed by atoms with Crippen LogP contribution in [0.25, 0.3) is 11.5 Å². The molecule has 2 rings (SSSR count). The quantitative estimate of drug-likeness (QED) is 0.845. The first kappa shape index (κ1) is 13.1. The third-order valence-corrected chi connectivity index (χ3v) is 3.11. The van der Waals surface area contributed by atoms with Crippen molar-refractivity contribution in [2.45, 2.75) is 19.8 Å². The van der Waals surface area contributed by atoms with Gasteiger partial charge in [0.1, 0.15) is 0 Å². The van der Waals surface area contributed by atoms with Crippen LogP contribution in [0.1, 0.15) is 17.9 Å². The number of benzene rings is 1. The fraction of sp³-hybridized carbons (Fsp3) is 0.385. The van der Waals surface area contributed by atoms with Crippen molar-refractivity contribution >= 4 is 11.6 Å². The van der Waals surface area contributed by atoms with Crippen LogP contribution in [0.4, 0.5) is 0 Å². The first-order chi connectivity index (χ1) is 8.70. The molecule has 0 aliphatic carbocycles. The van der Waals surface area contributed by atoms with Gasteiger partial charge in [0.15, 0.2) is 0 Å². The molecule has 0 aliphatic heterocycles. The van der Waals surface area contributed by atoms with Gasteiger partial charge in [0, 0.05) is 17.0 Å². The molecule has 0 unspecified atom stereocenters. The van der Waals surface area contributed by atoms with E-state index >= 15 is 0 Å². The van der Waals surface area contributed by atoms with Crippen LogP contribution in [0.2, 0.25) is 5.02 Å². The van der Waals surface area contributed by atoms with Crippen LogP contribution in [0.5, 0.6) is 0 Å². The number of halogens is 1. The molecule has 5 heteroatoms. The Labute approximate surface area is 111 Å². The number of nitrogens with zero attached hydrogens (tertiary/aromatic N) is 2. The molecule has 0 aliphatic rings. The molecule has 2 aromatic rings. The lowest BCUT2D eigenvalue weighted by molar-refractivity contribution is 0.495. The van der Waals surface area contributed by atoms with Gasteiger partial charge in [0.25, 0.3) is 0 Å². The third kappa shape index (κ3) is 3.09. The van der Waals surface area contributed by atoms with Crippen LogP contribution in [0, 0.1) is 6.92 Å². The second-order valence-corrected chi connectivity index (χ2v) is 4.58. The van der Waals surface area contributed by atoms with Crippen molar-refractivity contribution in [3.05, 3.63) is 34.7 Å². The van der Waals surface area contributed by atoms with E-state index in [1.807, 2.05) is 32.2 Å². The van der Waals surface area contributed by atoms with Gasteiger partial charge in [0.05, 0.1) is 0 Å². The van der Waals surface area contributed by atoms with E-state index in [0.29, 0.717) is 16.8 Å². The first-order valence-corrected chi connectivity index (χ1v) is 6.32. The Morgan fingerprint density at radius 3 is 2.89 bits per heavy atom. The molecule has 1 aromatic carbocycles. The van der Waals surface area contributed by atoms with Gasteiger partial charge >= 0.3 is 0 Å². The Balaban J connectivity index is 2.11. The fourth-order valence-electron chi connectivity index (χ4n) is 1.61. The fourth-order valence-corrected chi connectivity index (χ4v) is 1.79. The van der Waals surface area contributed by atoms with Crippen molar-refractivity contribution in [1.29, 1.82) is 0 Å². The maximum atomic E-state index is 6.07. The molecular formula is C13H16ClN3O. The van der Waals surface area contributed by atoms with Crippen molar-refractivity contribution < 1.29 is 4.42 Å². The van der Waals surface area contributed by atoms with E-state index in [1.54, 1.807) is 0 Å². The molecule has 96 valence electrons. The lowest BCUT2D eigenvalue weighted by Crippen LogP contribution is -2.08. The molecule has 0 amide bonds. The summed E-state index contributed by atoms with van der Waals surface area (Å²) in [7, 11) is 1.92. The van der Waals surface area contributed by atoms with Crippen molar-refractivity contribution in [2.24, 2.45) is 0 Å². The highest BCUT2D eigenvalue weighted by molar-refractivity contribution is 6.31. The lowest BCUT2D eigenvalue weighted by Gasteiger charge is -1.99. The summed E-state index contributed by atoms with van der Waals surface area (Å²) in [6, 6.07) is 5.73.